The summed E-state index contributed by atoms with van der Waals surface area (Å²) in [6.45, 7) is 1.46. The Kier molecular flexibility index (Phi) is 2.47. The van der Waals surface area contributed by atoms with E-state index >= 15 is 0 Å². The highest BCUT2D eigenvalue weighted by Gasteiger charge is 2.38. The van der Waals surface area contributed by atoms with Crippen LogP contribution >= 0.6 is 0 Å². The van der Waals surface area contributed by atoms with Crippen LogP contribution in [0.2, 0.25) is 0 Å². The zero-order valence-electron chi connectivity index (χ0n) is 10.8. The summed E-state index contributed by atoms with van der Waals surface area (Å²) in [7, 11) is 0. The summed E-state index contributed by atoms with van der Waals surface area (Å²) in [6, 6.07) is 3.32. The van der Waals surface area contributed by atoms with Crippen LogP contribution in [0.15, 0.2) is 18.2 Å². The molecule has 1 aliphatic rings. The number of carbonyl (C=O) groups is 2. The third kappa shape index (κ3) is 1.53. The van der Waals surface area contributed by atoms with Gasteiger partial charge < -0.3 is 20.4 Å². The number of ketones is 2. The van der Waals surface area contributed by atoms with Crippen molar-refractivity contribution in [2.24, 2.45) is 0 Å². The first-order chi connectivity index (χ1) is 9.84. The molecule has 21 heavy (non-hydrogen) atoms. The van der Waals surface area contributed by atoms with Crippen LogP contribution in [-0.2, 0) is 0 Å². The molecule has 106 valence electrons. The number of aromatic hydroxyl groups is 4. The predicted octanol–water partition coefficient (Wildman–Crippen LogP) is 1.59. The van der Waals surface area contributed by atoms with Crippen molar-refractivity contribution >= 4 is 11.6 Å². The van der Waals surface area contributed by atoms with Crippen LogP contribution in [0.3, 0.4) is 0 Å². The Hall–Kier alpha value is -3.02. The van der Waals surface area contributed by atoms with E-state index in [9.17, 15) is 30.0 Å². The summed E-state index contributed by atoms with van der Waals surface area (Å²) < 4.78 is 0. The first-order valence-electron chi connectivity index (χ1n) is 6.04. The van der Waals surface area contributed by atoms with Gasteiger partial charge in [0.05, 0.1) is 22.3 Å². The summed E-state index contributed by atoms with van der Waals surface area (Å²) in [6.07, 6.45) is 0. The Bertz CT molecular complexity index is 835. The van der Waals surface area contributed by atoms with Crippen LogP contribution in [0.4, 0.5) is 0 Å². The Morgan fingerprint density at radius 3 is 1.67 bits per heavy atom. The minimum absolute atomic E-state index is 0.218. The topological polar surface area (TPSA) is 115 Å². The maximum Gasteiger partial charge on any atom is 0.202 e. The number of hydrogen-bond acceptors (Lipinski definition) is 6. The van der Waals surface area contributed by atoms with Gasteiger partial charge in [-0.15, -0.1) is 0 Å². The fourth-order valence-corrected chi connectivity index (χ4v) is 2.53. The van der Waals surface area contributed by atoms with Gasteiger partial charge in [0.25, 0.3) is 0 Å². The third-order valence-corrected chi connectivity index (χ3v) is 3.54. The molecule has 0 amide bonds. The summed E-state index contributed by atoms with van der Waals surface area (Å²) >= 11 is 0. The van der Waals surface area contributed by atoms with Crippen molar-refractivity contribution in [1.82, 2.24) is 0 Å². The van der Waals surface area contributed by atoms with Crippen LogP contribution < -0.4 is 0 Å². The molecular weight excluding hydrogens is 276 g/mol. The first-order valence-corrected chi connectivity index (χ1v) is 6.04. The molecule has 0 spiro atoms. The standard InChI is InChI=1S/C15H10O6/c1-5-4-8(18)11-12(13(5)19)15(21)10-7(17)3-2-6(16)9(10)14(11)20/h2-4,16-19H,1H3. The van der Waals surface area contributed by atoms with Gasteiger partial charge in [-0.25, -0.2) is 0 Å². The molecule has 0 aromatic heterocycles. The van der Waals surface area contributed by atoms with Crippen LogP contribution in [0.25, 0.3) is 0 Å². The van der Waals surface area contributed by atoms with Crippen LogP contribution in [0, 0.1) is 6.92 Å². The molecule has 3 rings (SSSR count). The fraction of sp³-hybridized carbons (Fsp3) is 0.0667. The maximum atomic E-state index is 12.5. The van der Waals surface area contributed by atoms with Gasteiger partial charge in [-0.2, -0.15) is 0 Å². The summed E-state index contributed by atoms with van der Waals surface area (Å²) in [4.78, 5) is 24.9. The lowest BCUT2D eigenvalue weighted by atomic mass is 9.81. The van der Waals surface area contributed by atoms with Crippen molar-refractivity contribution in [2.45, 2.75) is 6.92 Å². The first kappa shape index (κ1) is 13.0. The van der Waals surface area contributed by atoms with E-state index in [0.717, 1.165) is 18.2 Å². The highest BCUT2D eigenvalue weighted by molar-refractivity contribution is 6.32. The zero-order valence-corrected chi connectivity index (χ0v) is 10.8. The quantitative estimate of drug-likeness (QED) is 0.466. The number of aryl methyl sites for hydroxylation is 1. The van der Waals surface area contributed by atoms with Gasteiger partial charge in [0.2, 0.25) is 11.6 Å². The monoisotopic (exact) mass is 286 g/mol. The van der Waals surface area contributed by atoms with Crippen LogP contribution in [0.5, 0.6) is 23.0 Å². The maximum absolute atomic E-state index is 12.5. The predicted molar refractivity (Wildman–Crippen MR) is 71.1 cm³/mol. The lowest BCUT2D eigenvalue weighted by Gasteiger charge is -2.21. The molecule has 2 aromatic rings. The van der Waals surface area contributed by atoms with E-state index in [-0.39, 0.29) is 27.8 Å². The normalized spacial score (nSPS) is 13.0. The molecule has 0 atom stereocenters. The van der Waals surface area contributed by atoms with E-state index in [0.29, 0.717) is 0 Å². The van der Waals surface area contributed by atoms with Gasteiger partial charge in [-0.1, -0.05) is 0 Å². The number of benzene rings is 2. The average molecular weight is 286 g/mol. The SMILES string of the molecule is Cc1cc(O)c2c(c1O)C(=O)c1c(O)ccc(O)c1C2=O. The molecule has 1 aliphatic carbocycles. The molecule has 6 heteroatoms. The average Bonchev–Trinajstić information content (AvgIpc) is 2.42. The van der Waals surface area contributed by atoms with Crippen LogP contribution in [0.1, 0.15) is 37.4 Å². The molecule has 0 saturated carbocycles. The number of rotatable bonds is 0. The smallest absolute Gasteiger partial charge is 0.202 e. The Labute approximate surface area is 118 Å². The van der Waals surface area contributed by atoms with E-state index in [1.165, 1.54) is 6.92 Å². The van der Waals surface area contributed by atoms with E-state index in [2.05, 4.69) is 0 Å². The molecule has 0 aliphatic heterocycles. The van der Waals surface area contributed by atoms with Crippen molar-refractivity contribution in [3.05, 3.63) is 46.0 Å². The molecule has 6 nitrogen and oxygen atoms in total. The van der Waals surface area contributed by atoms with Gasteiger partial charge in [0, 0.05) is 0 Å². The Morgan fingerprint density at radius 1 is 0.714 bits per heavy atom. The number of fused-ring (bicyclic) bond motifs is 2. The van der Waals surface area contributed by atoms with Crippen molar-refractivity contribution < 1.29 is 30.0 Å². The van der Waals surface area contributed by atoms with Gasteiger partial charge in [-0.05, 0) is 30.7 Å². The molecule has 0 bridgehead atoms. The third-order valence-electron chi connectivity index (χ3n) is 3.54. The summed E-state index contributed by atoms with van der Waals surface area (Å²) in [5.41, 5.74) is -1.29. The van der Waals surface area contributed by atoms with E-state index in [1.807, 2.05) is 0 Å². The molecule has 0 fully saturated rings. The second kappa shape index (κ2) is 3.99. The highest BCUT2D eigenvalue weighted by Crippen LogP contribution is 2.44. The molecule has 0 saturated heterocycles. The molecular formula is C15H10O6. The van der Waals surface area contributed by atoms with Crippen molar-refractivity contribution in [1.29, 1.82) is 0 Å². The number of carbonyl (C=O) groups excluding carboxylic acids is 2. The van der Waals surface area contributed by atoms with Gasteiger partial charge in [-0.3, -0.25) is 9.59 Å². The molecule has 0 heterocycles. The lowest BCUT2D eigenvalue weighted by molar-refractivity contribution is 0.0969. The van der Waals surface area contributed by atoms with Crippen molar-refractivity contribution in [3.63, 3.8) is 0 Å². The Morgan fingerprint density at radius 2 is 1.14 bits per heavy atom. The second-order valence-corrected chi connectivity index (χ2v) is 4.82. The van der Waals surface area contributed by atoms with E-state index in [1.54, 1.807) is 0 Å². The number of phenols is 4. The van der Waals surface area contributed by atoms with Gasteiger partial charge in [0.15, 0.2) is 0 Å². The molecule has 0 unspecified atom stereocenters. The van der Waals surface area contributed by atoms with Gasteiger partial charge in [0.1, 0.15) is 23.0 Å². The summed E-state index contributed by atoms with van der Waals surface area (Å²) in [5.74, 6) is -3.52. The minimum atomic E-state index is -0.833. The minimum Gasteiger partial charge on any atom is -0.507 e. The van der Waals surface area contributed by atoms with E-state index in [4.69, 9.17) is 0 Å². The summed E-state index contributed by atoms with van der Waals surface area (Å²) in [5, 5.41) is 39.5. The van der Waals surface area contributed by atoms with Crippen molar-refractivity contribution in [2.75, 3.05) is 0 Å². The highest BCUT2D eigenvalue weighted by atomic mass is 16.3. The molecule has 2 aromatic carbocycles. The Balaban J connectivity index is 2.47. The van der Waals surface area contributed by atoms with Crippen LogP contribution in [-0.4, -0.2) is 32.0 Å². The molecule has 0 radical (unpaired) electrons. The zero-order chi connectivity index (χ0) is 15.5. The number of phenolic OH excluding ortho intramolecular Hbond substituents is 4. The largest absolute Gasteiger partial charge is 0.507 e. The van der Waals surface area contributed by atoms with Crippen molar-refractivity contribution in [3.8, 4) is 23.0 Å². The van der Waals surface area contributed by atoms with E-state index < -0.39 is 34.6 Å². The lowest BCUT2D eigenvalue weighted by Crippen LogP contribution is -2.22. The number of hydrogen-bond donors (Lipinski definition) is 4. The second-order valence-electron chi connectivity index (χ2n) is 4.82. The molecule has 4 N–H and O–H groups in total. The fourth-order valence-electron chi connectivity index (χ4n) is 2.53. The van der Waals surface area contributed by atoms with Gasteiger partial charge >= 0.3 is 0 Å².